The Bertz CT molecular complexity index is 3840. The Labute approximate surface area is 686 Å². The lowest BCUT2D eigenvalue weighted by Gasteiger charge is -2.39. The van der Waals surface area contributed by atoms with E-state index >= 15 is 0 Å². The highest BCUT2D eigenvalue weighted by molar-refractivity contribution is 7.81. The van der Waals surface area contributed by atoms with Crippen molar-refractivity contribution in [3.8, 4) is 0 Å². The summed E-state index contributed by atoms with van der Waals surface area (Å²) >= 11 is 0. The molecule has 12 heterocycles. The molecular weight excluding hydrogens is 1540 g/mol. The first-order valence-corrected chi connectivity index (χ1v) is 45.8. The number of amides is 8. The number of aromatic nitrogens is 4. The summed E-state index contributed by atoms with van der Waals surface area (Å²) < 4.78 is 94.8. The zero-order chi connectivity index (χ0) is 83.2. The molecule has 13 rings (SSSR count). The number of quaternary nitrogens is 1. The minimum atomic E-state index is -4.98. The van der Waals surface area contributed by atoms with Gasteiger partial charge in [-0.25, -0.2) is 32.7 Å². The average Bonchev–Trinajstić information content (AvgIpc) is 1.66. The molecule has 5 aromatic rings. The Morgan fingerprint density at radius 2 is 0.802 bits per heavy atom. The highest BCUT2D eigenvalue weighted by atomic mass is 32.3. The second-order valence-electron chi connectivity index (χ2n) is 32.0. The second-order valence-corrected chi connectivity index (χ2v) is 34.0. The number of piperidine rings is 4. The summed E-state index contributed by atoms with van der Waals surface area (Å²) in [5.41, 5.74) is 9.44. The number of carbonyl (C=O) groups excluding carboxylic acids is 4. The van der Waals surface area contributed by atoms with E-state index in [2.05, 4.69) is 83.0 Å². The van der Waals surface area contributed by atoms with Crippen molar-refractivity contribution >= 4 is 44.9 Å². The molecule has 0 saturated carbocycles. The maximum absolute atomic E-state index is 12.9. The third-order valence-electron chi connectivity index (χ3n) is 23.2. The van der Waals surface area contributed by atoms with E-state index in [-0.39, 0.29) is 48.3 Å². The molecule has 8 aliphatic heterocycles. The van der Waals surface area contributed by atoms with Gasteiger partial charge in [0.1, 0.15) is 52.4 Å². The average molecular weight is 1670 g/mol. The Morgan fingerprint density at radius 3 is 1.17 bits per heavy atom. The first-order chi connectivity index (χ1) is 56.0. The predicted octanol–water partition coefficient (Wildman–Crippen LogP) is 14.6. The van der Waals surface area contributed by atoms with Gasteiger partial charge in [0.05, 0.1) is 74.5 Å². The smallest absolute Gasteiger partial charge is 0.418 e. The number of aryl methyl sites for hydroxylation is 3. The van der Waals surface area contributed by atoms with E-state index in [1.54, 1.807) is 16.0 Å². The van der Waals surface area contributed by atoms with Crippen LogP contribution in [0.25, 0.3) is 0 Å². The summed E-state index contributed by atoms with van der Waals surface area (Å²) in [5, 5.41) is 33.2. The van der Waals surface area contributed by atoms with Gasteiger partial charge in [0.25, 0.3) is 0 Å². The molecule has 116 heavy (non-hydrogen) atoms. The first-order valence-electron chi connectivity index (χ1n) is 43.1. The topological polar surface area (TPSA) is 396 Å². The summed E-state index contributed by atoms with van der Waals surface area (Å²) in [6.45, 7) is 25.9. The van der Waals surface area contributed by atoms with Crippen LogP contribution in [-0.2, 0) is 66.5 Å². The van der Waals surface area contributed by atoms with Crippen LogP contribution in [0.15, 0.2) is 72.7 Å². The van der Waals surface area contributed by atoms with Crippen LogP contribution in [0.3, 0.4) is 0 Å². The van der Waals surface area contributed by atoms with Gasteiger partial charge in [-0.3, -0.25) is 14.6 Å². The fourth-order valence-electron chi connectivity index (χ4n) is 16.7. The number of nitrogens with two attached hydrogens (primary N) is 1. The molecule has 8 aliphatic rings. The zero-order valence-corrected chi connectivity index (χ0v) is 71.2. The van der Waals surface area contributed by atoms with Crippen LogP contribution < -0.4 is 11.1 Å². The van der Waals surface area contributed by atoms with E-state index in [4.69, 9.17) is 33.2 Å². The van der Waals surface area contributed by atoms with E-state index in [0.717, 1.165) is 116 Å². The number of unbranched alkanes of at least 4 members (excludes halogenated alkanes) is 13. The molecule has 35 heteroatoms. The van der Waals surface area contributed by atoms with E-state index in [1.807, 2.05) is 53.4 Å². The summed E-state index contributed by atoms with van der Waals surface area (Å²) in [6, 6.07) is 14.5. The van der Waals surface area contributed by atoms with Crippen LogP contribution in [0.1, 0.15) is 304 Å². The number of hydrogen-bond acceptors (Lipinski definition) is 23. The van der Waals surface area contributed by atoms with Crippen molar-refractivity contribution in [1.29, 1.82) is 0 Å². The molecular formula is C81H131N15O18S2. The Hall–Kier alpha value is -7.32. The van der Waals surface area contributed by atoms with E-state index < -0.39 is 44.9 Å². The molecule has 8 bridgehead atoms. The lowest BCUT2D eigenvalue weighted by molar-refractivity contribution is -0.929. The molecule has 8 atom stereocenters. The third kappa shape index (κ3) is 26.6. The Kier molecular flexibility index (Phi) is 36.9. The van der Waals surface area contributed by atoms with Crippen LogP contribution in [0.2, 0.25) is 0 Å². The number of benzene rings is 1. The normalized spacial score (nSPS) is 21.6. The van der Waals surface area contributed by atoms with Gasteiger partial charge in [-0.2, -0.15) is 27.9 Å². The van der Waals surface area contributed by atoms with E-state index in [1.165, 1.54) is 143 Å². The van der Waals surface area contributed by atoms with Crippen molar-refractivity contribution < 1.29 is 86.3 Å². The monoisotopic (exact) mass is 1670 g/mol. The quantitative estimate of drug-likeness (QED) is 0.00925. The second kappa shape index (κ2) is 46.3. The molecule has 8 saturated heterocycles. The molecule has 4 aromatic heterocycles. The first kappa shape index (κ1) is 92.6. The number of nitrogens with zero attached hydrogens (tertiary/aromatic N) is 13. The minimum Gasteiger partial charge on any atom is -0.724 e. The number of carbonyl (C=O) groups is 4. The number of hydroxylamine groups is 8. The van der Waals surface area contributed by atoms with Gasteiger partial charge in [-0.15, -0.1) is 4.28 Å². The van der Waals surface area contributed by atoms with Gasteiger partial charge in [0, 0.05) is 95.8 Å². The van der Waals surface area contributed by atoms with Gasteiger partial charge in [0.2, 0.25) is 10.4 Å². The van der Waals surface area contributed by atoms with Crippen LogP contribution in [0, 0.1) is 0 Å². The fourth-order valence-corrected chi connectivity index (χ4v) is 17.5. The van der Waals surface area contributed by atoms with Gasteiger partial charge in [0.15, 0.2) is 0 Å². The van der Waals surface area contributed by atoms with Crippen molar-refractivity contribution in [2.24, 2.45) is 5.73 Å². The van der Waals surface area contributed by atoms with Crippen molar-refractivity contribution in [1.82, 2.24) is 65.8 Å². The molecule has 33 nitrogen and oxygen atoms in total. The third-order valence-corrected chi connectivity index (χ3v) is 23.9. The standard InChI is InChI=1S/C22H29N3O3.C16H36N.C15H23N3O6S.C15H23N3O3.C13H21N5O6S/c1-2-3-4-8-11-19-14-20(23-28-19)21-13-12-18-15-24(21)22(26)25(18)27-16-17-9-6-5-7-10-17;1-5-9-13-17(14-10-6-2,15-11-7-3)16-12-8-4;1-2-3-4-5-6-12-9-13(16-23-12)14-8-7-11-10-17(14)15(19)18(11)24-25(20,21)22;1-2-3-4-5-6-12-9-13(16-21-12)14-8-7-11-10-17(14)15(19)18(11)20;14-4-6-15-5-3-10-7-11(16-23-10)12-2-1-9-8-17(12)13(19)18(9)24-25(20,21)22/h5-7,9-10,14,18,21H,2-4,8,11-13,15-16H2,1H3;5-16H2,1-4H3;9,11,14H,2-8,10H2,1H3,(H,20,21,22);9,11,14,20H,2-8,10H2,1H3;7,9,12,15H,1-6,8,14H2,(H,20,21,22)/q;+1;;;/p-1/t18-,21+;;2*11-,14+;9-,12+/m1.111/s1. The summed E-state index contributed by atoms with van der Waals surface area (Å²) in [7, 11) is -9.72. The van der Waals surface area contributed by atoms with E-state index in [9.17, 15) is 45.8 Å². The highest BCUT2D eigenvalue weighted by Crippen LogP contribution is 2.43. The molecule has 0 spiro atoms. The van der Waals surface area contributed by atoms with Crippen molar-refractivity contribution in [3.63, 3.8) is 0 Å². The molecule has 8 amide bonds. The molecule has 0 unspecified atom stereocenters. The maximum atomic E-state index is 12.9. The van der Waals surface area contributed by atoms with Crippen LogP contribution in [-0.4, -0.2) is 216 Å². The molecule has 650 valence electrons. The van der Waals surface area contributed by atoms with Gasteiger partial charge in [-0.05, 0) is 102 Å². The largest absolute Gasteiger partial charge is 0.724 e. The molecule has 0 radical (unpaired) electrons. The summed E-state index contributed by atoms with van der Waals surface area (Å²) in [4.78, 5) is 62.0. The van der Waals surface area contributed by atoms with Gasteiger partial charge < -0.3 is 57.8 Å². The minimum absolute atomic E-state index is 0.0118. The van der Waals surface area contributed by atoms with E-state index in [0.29, 0.717) is 105 Å². The van der Waals surface area contributed by atoms with Gasteiger partial charge in [-0.1, -0.05) is 183 Å². The van der Waals surface area contributed by atoms with Crippen LogP contribution in [0.4, 0.5) is 19.2 Å². The lowest BCUT2D eigenvalue weighted by Crippen LogP contribution is -2.50. The molecule has 0 aliphatic carbocycles. The summed E-state index contributed by atoms with van der Waals surface area (Å²) in [6.07, 6.45) is 34.2. The van der Waals surface area contributed by atoms with Gasteiger partial charge >= 0.3 is 34.5 Å². The number of rotatable bonds is 43. The number of fused-ring (bicyclic) bond motifs is 8. The van der Waals surface area contributed by atoms with Crippen molar-refractivity contribution in [2.45, 2.75) is 309 Å². The fraction of sp³-hybridized carbons (Fsp3) is 0.728. The van der Waals surface area contributed by atoms with Crippen molar-refractivity contribution in [2.75, 3.05) is 72.0 Å². The molecule has 8 fully saturated rings. The number of nitrogens with one attached hydrogen (secondary N) is 1. The van der Waals surface area contributed by atoms with Crippen LogP contribution >= 0.6 is 0 Å². The number of urea groups is 4. The predicted molar refractivity (Wildman–Crippen MR) is 430 cm³/mol. The lowest BCUT2D eigenvalue weighted by atomic mass is 9.98. The van der Waals surface area contributed by atoms with Crippen LogP contribution in [0.5, 0.6) is 0 Å². The Morgan fingerprint density at radius 1 is 0.457 bits per heavy atom. The molecule has 1 aromatic carbocycles. The molecule has 5 N–H and O–H groups in total. The number of hydrogen-bond donors (Lipinski definition) is 4. The zero-order valence-electron chi connectivity index (χ0n) is 69.6. The Balaban J connectivity index is 0.000000167. The SMILES string of the molecule is CCCCCCc1cc([C@@H]2CC[C@@H]3CN2C(=O)N3O)no1.CCCCCCc1cc([C@@H]2CC[C@@H]3CN2C(=O)N3OCc2ccccc2)no1.CCCCCCc1cc([C@@H]2CC[C@@H]3CN2C(=O)N3OS(=O)(=O)[O-])no1.CCCC[N+](CCCC)(CCCC)CCCC.NCCNCCc1cc([C@@H]2CC[C@@H]3CN2C(=O)N3OS(=O)(=O)O)no1. The van der Waals surface area contributed by atoms with Crippen molar-refractivity contribution in [3.05, 3.63) is 106 Å². The summed E-state index contributed by atoms with van der Waals surface area (Å²) in [5.74, 6) is 3.31. The maximum Gasteiger partial charge on any atom is 0.418 e. The highest BCUT2D eigenvalue weighted by Gasteiger charge is 2.51.